The maximum absolute atomic E-state index is 6.94. The third-order valence-electron chi connectivity index (χ3n) is 8.43. The van der Waals surface area contributed by atoms with Crippen LogP contribution in [0, 0.1) is 17.8 Å². The number of fused-ring (bicyclic) bond motifs is 1. The van der Waals surface area contributed by atoms with Crippen molar-refractivity contribution in [1.82, 2.24) is 0 Å². The molecule has 2 fully saturated rings. The van der Waals surface area contributed by atoms with E-state index in [1.807, 2.05) is 24.3 Å². The molecule has 3 aromatic carbocycles. The molecule has 0 bridgehead atoms. The Balaban J connectivity index is 1.41. The lowest BCUT2D eigenvalue weighted by Crippen LogP contribution is -2.61. The third-order valence-corrected chi connectivity index (χ3v) is 8.43. The van der Waals surface area contributed by atoms with Crippen molar-refractivity contribution in [3.63, 3.8) is 0 Å². The monoisotopic (exact) mass is 500 g/mol. The summed E-state index contributed by atoms with van der Waals surface area (Å²) in [6, 6.07) is 25.3. The first-order chi connectivity index (χ1) is 18.0. The van der Waals surface area contributed by atoms with Gasteiger partial charge in [-0.15, -0.1) is 6.58 Å². The van der Waals surface area contributed by atoms with E-state index in [0.29, 0.717) is 13.2 Å². The fourth-order valence-electron chi connectivity index (χ4n) is 5.94. The Labute approximate surface area is 221 Å². The van der Waals surface area contributed by atoms with E-state index in [-0.39, 0.29) is 36.1 Å². The van der Waals surface area contributed by atoms with Crippen molar-refractivity contribution in [2.75, 3.05) is 6.61 Å². The molecular formula is C33H40O4. The molecule has 2 aliphatic rings. The summed E-state index contributed by atoms with van der Waals surface area (Å²) in [5, 5.41) is 2.46. The molecule has 5 rings (SSSR count). The van der Waals surface area contributed by atoms with Crippen LogP contribution in [0.5, 0.6) is 0 Å². The highest BCUT2D eigenvalue weighted by atomic mass is 16.7. The predicted molar refractivity (Wildman–Crippen MR) is 148 cm³/mol. The summed E-state index contributed by atoms with van der Waals surface area (Å²) in [4.78, 5) is 0. The lowest BCUT2D eigenvalue weighted by molar-refractivity contribution is -0.343. The van der Waals surface area contributed by atoms with Crippen molar-refractivity contribution in [3.8, 4) is 0 Å². The Hall–Kier alpha value is -2.50. The molecule has 0 unspecified atom stereocenters. The lowest BCUT2D eigenvalue weighted by atomic mass is 9.76. The molecule has 4 heteroatoms. The second-order valence-electron chi connectivity index (χ2n) is 10.8. The molecule has 0 N–H and O–H groups in total. The van der Waals surface area contributed by atoms with Gasteiger partial charge in [-0.05, 0) is 40.3 Å². The van der Waals surface area contributed by atoms with Crippen LogP contribution in [0.4, 0.5) is 0 Å². The largest absolute Gasteiger partial charge is 0.370 e. The highest BCUT2D eigenvalue weighted by molar-refractivity contribution is 5.82. The molecule has 3 aromatic rings. The molecule has 0 aromatic heterocycles. The van der Waals surface area contributed by atoms with E-state index in [1.54, 1.807) is 0 Å². The van der Waals surface area contributed by atoms with Crippen LogP contribution in [0.1, 0.15) is 44.7 Å². The molecule has 0 saturated carbocycles. The first-order valence-electron chi connectivity index (χ1n) is 13.7. The third kappa shape index (κ3) is 5.53. The summed E-state index contributed by atoms with van der Waals surface area (Å²) in [5.41, 5.74) is 2.30. The quantitative estimate of drug-likeness (QED) is 0.289. The van der Waals surface area contributed by atoms with Gasteiger partial charge < -0.3 is 18.9 Å². The summed E-state index contributed by atoms with van der Waals surface area (Å²) in [6.45, 7) is 12.5. The Morgan fingerprint density at radius 3 is 2.46 bits per heavy atom. The van der Waals surface area contributed by atoms with Crippen molar-refractivity contribution >= 4 is 10.8 Å². The van der Waals surface area contributed by atoms with E-state index in [1.165, 1.54) is 10.8 Å². The minimum Gasteiger partial charge on any atom is -0.370 e. The number of rotatable bonds is 9. The normalized spacial score (nSPS) is 29.4. The molecule has 0 radical (unpaired) electrons. The van der Waals surface area contributed by atoms with E-state index in [4.69, 9.17) is 18.9 Å². The van der Waals surface area contributed by atoms with E-state index in [9.17, 15) is 0 Å². The minimum atomic E-state index is -0.581. The zero-order valence-corrected chi connectivity index (χ0v) is 22.3. The van der Waals surface area contributed by atoms with Gasteiger partial charge in [0.2, 0.25) is 0 Å². The van der Waals surface area contributed by atoms with E-state index in [0.717, 1.165) is 30.6 Å². The average molecular weight is 501 g/mol. The first kappa shape index (κ1) is 26.1. The maximum atomic E-state index is 6.94. The highest BCUT2D eigenvalue weighted by Gasteiger charge is 2.56. The van der Waals surface area contributed by atoms with Crippen LogP contribution in [0.2, 0.25) is 0 Å². The number of hydrogen-bond donors (Lipinski definition) is 0. The molecule has 0 aliphatic carbocycles. The molecule has 2 saturated heterocycles. The second-order valence-corrected chi connectivity index (χ2v) is 10.8. The molecular weight excluding hydrogens is 460 g/mol. The Morgan fingerprint density at radius 2 is 1.73 bits per heavy atom. The van der Waals surface area contributed by atoms with Crippen LogP contribution in [-0.4, -0.2) is 30.7 Å². The van der Waals surface area contributed by atoms with Crippen LogP contribution in [0.25, 0.3) is 10.8 Å². The van der Waals surface area contributed by atoms with Gasteiger partial charge in [0.15, 0.2) is 5.79 Å². The molecule has 2 aliphatic heterocycles. The summed E-state index contributed by atoms with van der Waals surface area (Å²) < 4.78 is 26.6. The maximum Gasteiger partial charge on any atom is 0.171 e. The topological polar surface area (TPSA) is 36.9 Å². The van der Waals surface area contributed by atoms with Gasteiger partial charge in [0, 0.05) is 18.3 Å². The van der Waals surface area contributed by atoms with Gasteiger partial charge in [0.25, 0.3) is 0 Å². The highest BCUT2D eigenvalue weighted by Crippen LogP contribution is 2.47. The zero-order chi connectivity index (χ0) is 25.8. The van der Waals surface area contributed by atoms with Gasteiger partial charge in [0.05, 0.1) is 32.0 Å². The van der Waals surface area contributed by atoms with E-state index < -0.39 is 5.79 Å². The van der Waals surface area contributed by atoms with Crippen LogP contribution in [0.15, 0.2) is 85.5 Å². The Morgan fingerprint density at radius 1 is 0.973 bits per heavy atom. The molecule has 4 nitrogen and oxygen atoms in total. The molecule has 37 heavy (non-hydrogen) atoms. The van der Waals surface area contributed by atoms with Gasteiger partial charge in [-0.1, -0.05) is 93.6 Å². The Kier molecular flexibility index (Phi) is 8.11. The summed E-state index contributed by atoms with van der Waals surface area (Å²) in [7, 11) is 0. The zero-order valence-electron chi connectivity index (χ0n) is 22.3. The van der Waals surface area contributed by atoms with Crippen molar-refractivity contribution in [2.45, 2.75) is 70.9 Å². The summed E-state index contributed by atoms with van der Waals surface area (Å²) in [5.74, 6) is -0.0550. The van der Waals surface area contributed by atoms with Gasteiger partial charge in [-0.3, -0.25) is 0 Å². The number of hydrogen-bond acceptors (Lipinski definition) is 4. The summed E-state index contributed by atoms with van der Waals surface area (Å²) in [6.07, 6.45) is 3.25. The Bertz CT molecular complexity index is 1170. The van der Waals surface area contributed by atoms with Gasteiger partial charge in [0.1, 0.15) is 6.10 Å². The van der Waals surface area contributed by atoms with E-state index in [2.05, 4.69) is 81.9 Å². The molecule has 1 spiro atoms. The smallest absolute Gasteiger partial charge is 0.171 e. The molecule has 196 valence electrons. The van der Waals surface area contributed by atoms with Crippen molar-refractivity contribution in [1.29, 1.82) is 0 Å². The standard InChI is InChI=1S/C33H40O4/c1-5-23(2)30(34-21-26-12-7-6-8-13-26)32-31(24(3)25(4)33(37-32)18-11-19-36-33)35-22-27-16-17-28-14-9-10-15-29(28)20-27/h5-10,12-17,20,23-25,30-32H,1,11,18-19,21-22H2,2-4H3/t23-,24+,25+,30+,31-,32+,33-/m1/s1. The minimum absolute atomic E-state index is 0.0829. The summed E-state index contributed by atoms with van der Waals surface area (Å²) >= 11 is 0. The van der Waals surface area contributed by atoms with Crippen LogP contribution in [-0.2, 0) is 32.2 Å². The first-order valence-corrected chi connectivity index (χ1v) is 13.7. The van der Waals surface area contributed by atoms with Crippen LogP contribution < -0.4 is 0 Å². The fraction of sp³-hybridized carbons (Fsp3) is 0.455. The predicted octanol–water partition coefficient (Wildman–Crippen LogP) is 7.31. The fourth-order valence-corrected chi connectivity index (χ4v) is 5.94. The van der Waals surface area contributed by atoms with Crippen molar-refractivity contribution < 1.29 is 18.9 Å². The lowest BCUT2D eigenvalue weighted by Gasteiger charge is -2.52. The van der Waals surface area contributed by atoms with E-state index >= 15 is 0 Å². The van der Waals surface area contributed by atoms with Crippen LogP contribution >= 0.6 is 0 Å². The molecule has 2 heterocycles. The number of benzene rings is 3. The van der Waals surface area contributed by atoms with Gasteiger partial charge >= 0.3 is 0 Å². The molecule has 7 atom stereocenters. The SMILES string of the molecule is C=C[C@@H](C)[C@H](OCc1ccccc1)[C@@H]1O[C@]2(CCCO2)[C@@H](C)[C@H](C)[C@H]1OCc1ccc2ccccc2c1. The van der Waals surface area contributed by atoms with Crippen LogP contribution in [0.3, 0.4) is 0 Å². The van der Waals surface area contributed by atoms with Crippen molar-refractivity contribution in [2.24, 2.45) is 17.8 Å². The number of ether oxygens (including phenoxy) is 4. The van der Waals surface area contributed by atoms with Gasteiger partial charge in [-0.25, -0.2) is 0 Å². The average Bonchev–Trinajstić information content (AvgIpc) is 3.41. The molecule has 0 amide bonds. The van der Waals surface area contributed by atoms with Gasteiger partial charge in [-0.2, -0.15) is 0 Å². The second kappa shape index (κ2) is 11.5. The van der Waals surface area contributed by atoms with Crippen molar-refractivity contribution in [3.05, 3.63) is 96.6 Å².